The van der Waals surface area contributed by atoms with Gasteiger partial charge in [-0.3, -0.25) is 9.58 Å². The SMILES string of the molecule is CCCn1ncc(CN2CCc3nc(C(C)C)ncc3C2)c1C. The monoisotopic (exact) mass is 313 g/mol. The van der Waals surface area contributed by atoms with Gasteiger partial charge in [-0.05, 0) is 13.3 Å². The molecule has 2 aromatic heterocycles. The van der Waals surface area contributed by atoms with Crippen LogP contribution >= 0.6 is 0 Å². The van der Waals surface area contributed by atoms with Gasteiger partial charge in [0, 0.05) is 67.2 Å². The topological polar surface area (TPSA) is 46.8 Å². The van der Waals surface area contributed by atoms with E-state index in [0.29, 0.717) is 5.92 Å². The van der Waals surface area contributed by atoms with E-state index in [4.69, 9.17) is 4.98 Å². The van der Waals surface area contributed by atoms with Gasteiger partial charge in [0.1, 0.15) is 5.82 Å². The summed E-state index contributed by atoms with van der Waals surface area (Å²) in [5, 5.41) is 4.51. The van der Waals surface area contributed by atoms with E-state index in [-0.39, 0.29) is 0 Å². The molecule has 0 saturated heterocycles. The highest BCUT2D eigenvalue weighted by Gasteiger charge is 2.20. The van der Waals surface area contributed by atoms with Gasteiger partial charge in [0.05, 0.1) is 6.20 Å². The molecule has 0 saturated carbocycles. The minimum Gasteiger partial charge on any atom is -0.294 e. The Morgan fingerprint density at radius 1 is 1.26 bits per heavy atom. The first-order valence-corrected chi connectivity index (χ1v) is 8.66. The van der Waals surface area contributed by atoms with Crippen molar-refractivity contribution in [1.82, 2.24) is 24.6 Å². The first-order valence-electron chi connectivity index (χ1n) is 8.66. The van der Waals surface area contributed by atoms with Gasteiger partial charge in [0.15, 0.2) is 0 Å². The van der Waals surface area contributed by atoms with Gasteiger partial charge < -0.3 is 0 Å². The van der Waals surface area contributed by atoms with Crippen molar-refractivity contribution >= 4 is 0 Å². The highest BCUT2D eigenvalue weighted by molar-refractivity contribution is 5.22. The Balaban J connectivity index is 1.70. The van der Waals surface area contributed by atoms with Crippen LogP contribution < -0.4 is 0 Å². The molecule has 0 unspecified atom stereocenters. The van der Waals surface area contributed by atoms with Crippen LogP contribution in [-0.4, -0.2) is 31.2 Å². The summed E-state index contributed by atoms with van der Waals surface area (Å²) in [5.41, 5.74) is 5.14. The number of nitrogens with zero attached hydrogens (tertiary/aromatic N) is 5. The lowest BCUT2D eigenvalue weighted by atomic mass is 10.1. The minimum atomic E-state index is 0.394. The average Bonchev–Trinajstić information content (AvgIpc) is 2.88. The molecular formula is C18H27N5. The summed E-state index contributed by atoms with van der Waals surface area (Å²) in [6.07, 6.45) is 6.18. The summed E-state index contributed by atoms with van der Waals surface area (Å²) in [5.74, 6) is 1.36. The third-order valence-electron chi connectivity index (χ3n) is 4.58. The van der Waals surface area contributed by atoms with Crippen LogP contribution in [0.25, 0.3) is 0 Å². The predicted molar refractivity (Wildman–Crippen MR) is 91.2 cm³/mol. The maximum Gasteiger partial charge on any atom is 0.131 e. The van der Waals surface area contributed by atoms with Crippen LogP contribution in [0.15, 0.2) is 12.4 Å². The molecule has 0 aliphatic carbocycles. The quantitative estimate of drug-likeness (QED) is 0.851. The molecule has 0 bridgehead atoms. The molecular weight excluding hydrogens is 286 g/mol. The molecule has 0 N–H and O–H groups in total. The Hall–Kier alpha value is -1.75. The zero-order valence-electron chi connectivity index (χ0n) is 14.7. The summed E-state index contributed by atoms with van der Waals surface area (Å²) in [4.78, 5) is 11.7. The predicted octanol–water partition coefficient (Wildman–Crippen LogP) is 3.07. The van der Waals surface area contributed by atoms with Crippen LogP contribution in [-0.2, 0) is 26.1 Å². The average molecular weight is 313 g/mol. The zero-order chi connectivity index (χ0) is 16.4. The summed E-state index contributed by atoms with van der Waals surface area (Å²) >= 11 is 0. The van der Waals surface area contributed by atoms with E-state index in [1.165, 1.54) is 22.5 Å². The van der Waals surface area contributed by atoms with Crippen LogP contribution in [0.1, 0.15) is 61.4 Å². The maximum absolute atomic E-state index is 4.75. The second-order valence-corrected chi connectivity index (χ2v) is 6.79. The van der Waals surface area contributed by atoms with Crippen molar-refractivity contribution in [2.24, 2.45) is 0 Å². The molecule has 2 aromatic rings. The number of aromatic nitrogens is 4. The van der Waals surface area contributed by atoms with Crippen LogP contribution in [0.2, 0.25) is 0 Å². The van der Waals surface area contributed by atoms with Gasteiger partial charge in [-0.15, -0.1) is 0 Å². The van der Waals surface area contributed by atoms with Gasteiger partial charge in [0.25, 0.3) is 0 Å². The number of rotatable bonds is 5. The number of hydrogen-bond donors (Lipinski definition) is 0. The van der Waals surface area contributed by atoms with E-state index in [0.717, 1.165) is 44.8 Å². The Kier molecular flexibility index (Phi) is 4.76. The second kappa shape index (κ2) is 6.79. The molecule has 0 radical (unpaired) electrons. The van der Waals surface area contributed by atoms with Gasteiger partial charge in [0.2, 0.25) is 0 Å². The van der Waals surface area contributed by atoms with E-state index < -0.39 is 0 Å². The molecule has 0 atom stereocenters. The van der Waals surface area contributed by atoms with Gasteiger partial charge >= 0.3 is 0 Å². The van der Waals surface area contributed by atoms with Crippen molar-refractivity contribution < 1.29 is 0 Å². The van der Waals surface area contributed by atoms with Gasteiger partial charge in [-0.25, -0.2) is 9.97 Å². The third kappa shape index (κ3) is 3.44. The highest BCUT2D eigenvalue weighted by atomic mass is 15.3. The molecule has 5 heteroatoms. The molecule has 124 valence electrons. The van der Waals surface area contributed by atoms with Crippen molar-refractivity contribution in [3.05, 3.63) is 40.7 Å². The van der Waals surface area contributed by atoms with Crippen molar-refractivity contribution in [3.63, 3.8) is 0 Å². The Bertz CT molecular complexity index is 674. The summed E-state index contributed by atoms with van der Waals surface area (Å²) in [6, 6.07) is 0. The van der Waals surface area contributed by atoms with Gasteiger partial charge in [-0.1, -0.05) is 20.8 Å². The summed E-state index contributed by atoms with van der Waals surface area (Å²) in [6.45, 7) is 12.6. The number of fused-ring (bicyclic) bond motifs is 1. The molecule has 0 amide bonds. The van der Waals surface area contributed by atoms with Gasteiger partial charge in [-0.2, -0.15) is 5.10 Å². The van der Waals surface area contributed by atoms with Crippen LogP contribution in [0.4, 0.5) is 0 Å². The lowest BCUT2D eigenvalue weighted by Crippen LogP contribution is -2.31. The molecule has 23 heavy (non-hydrogen) atoms. The third-order valence-corrected chi connectivity index (χ3v) is 4.58. The largest absolute Gasteiger partial charge is 0.294 e. The fourth-order valence-corrected chi connectivity index (χ4v) is 3.12. The highest BCUT2D eigenvalue weighted by Crippen LogP contribution is 2.21. The van der Waals surface area contributed by atoms with Crippen molar-refractivity contribution in [3.8, 4) is 0 Å². The lowest BCUT2D eigenvalue weighted by molar-refractivity contribution is 0.242. The normalized spacial score (nSPS) is 15.2. The Morgan fingerprint density at radius 2 is 2.09 bits per heavy atom. The molecule has 0 aromatic carbocycles. The lowest BCUT2D eigenvalue weighted by Gasteiger charge is -2.28. The Morgan fingerprint density at radius 3 is 2.83 bits per heavy atom. The molecule has 0 spiro atoms. The fourth-order valence-electron chi connectivity index (χ4n) is 3.12. The molecule has 0 fully saturated rings. The molecule has 5 nitrogen and oxygen atoms in total. The van der Waals surface area contributed by atoms with Crippen LogP contribution in [0, 0.1) is 6.92 Å². The smallest absolute Gasteiger partial charge is 0.131 e. The number of hydrogen-bond acceptors (Lipinski definition) is 4. The molecule has 3 rings (SSSR count). The zero-order valence-corrected chi connectivity index (χ0v) is 14.7. The Labute approximate surface area is 138 Å². The van der Waals surface area contributed by atoms with Crippen molar-refractivity contribution in [2.75, 3.05) is 6.54 Å². The first kappa shape index (κ1) is 16.1. The number of aryl methyl sites for hydroxylation is 1. The second-order valence-electron chi connectivity index (χ2n) is 6.79. The molecule has 3 heterocycles. The molecule has 1 aliphatic rings. The summed E-state index contributed by atoms with van der Waals surface area (Å²) in [7, 11) is 0. The van der Waals surface area contributed by atoms with Crippen LogP contribution in [0.3, 0.4) is 0 Å². The van der Waals surface area contributed by atoms with Crippen molar-refractivity contribution in [2.45, 2.75) is 66.1 Å². The first-order chi connectivity index (χ1) is 11.1. The van der Waals surface area contributed by atoms with E-state index >= 15 is 0 Å². The van der Waals surface area contributed by atoms with E-state index in [9.17, 15) is 0 Å². The van der Waals surface area contributed by atoms with E-state index in [1.807, 2.05) is 12.4 Å². The van der Waals surface area contributed by atoms with E-state index in [2.05, 4.69) is 47.4 Å². The minimum absolute atomic E-state index is 0.394. The standard InChI is InChI=1S/C18H27N5/c1-5-7-23-14(4)15(10-20-23)11-22-8-6-17-16(12-22)9-19-18(21-17)13(2)3/h9-10,13H,5-8,11-12H2,1-4H3. The van der Waals surface area contributed by atoms with Crippen molar-refractivity contribution in [1.29, 1.82) is 0 Å². The van der Waals surface area contributed by atoms with Crippen LogP contribution in [0.5, 0.6) is 0 Å². The maximum atomic E-state index is 4.75. The fraction of sp³-hybridized carbons (Fsp3) is 0.611. The summed E-state index contributed by atoms with van der Waals surface area (Å²) < 4.78 is 2.12. The van der Waals surface area contributed by atoms with E-state index in [1.54, 1.807) is 0 Å². The molecule has 1 aliphatic heterocycles.